The first-order chi connectivity index (χ1) is 15.0. The minimum atomic E-state index is -1.16. The molecule has 5 nitrogen and oxygen atoms in total. The highest BCUT2D eigenvalue weighted by atomic mass is 35.5. The zero-order chi connectivity index (χ0) is 21.7. The zero-order valence-corrected chi connectivity index (χ0v) is 19.7. The molecule has 1 aliphatic rings. The van der Waals surface area contributed by atoms with Crippen LogP contribution in [-0.4, -0.2) is 41.8 Å². The number of hydrogen-bond donors (Lipinski definition) is 1. The Bertz CT molecular complexity index is 957. The number of aromatic nitrogens is 1. The number of ether oxygens (including phenoxy) is 1. The molecule has 1 unspecified atom stereocenters. The molecule has 3 aromatic rings. The summed E-state index contributed by atoms with van der Waals surface area (Å²) in [6.07, 6.45) is 4.89. The smallest absolute Gasteiger partial charge is 0.231 e. The van der Waals surface area contributed by atoms with Gasteiger partial charge < -0.3 is 31.2 Å². The molecular formula is C26H33ClN2O3. The zero-order valence-electron chi connectivity index (χ0n) is 18.9. The molecule has 0 radical (unpaired) electrons. The van der Waals surface area contributed by atoms with Crippen molar-refractivity contribution in [2.75, 3.05) is 27.2 Å². The lowest BCUT2D eigenvalue weighted by Gasteiger charge is -2.39. The topological polar surface area (TPSA) is 55.5 Å². The number of halogens is 1. The number of nitrogens with zero attached hydrogens (tertiary/aromatic N) is 2. The normalized spacial score (nSPS) is 16.1. The summed E-state index contributed by atoms with van der Waals surface area (Å²) >= 11 is 0. The van der Waals surface area contributed by atoms with Gasteiger partial charge in [-0.3, -0.25) is 0 Å². The molecule has 2 aromatic carbocycles. The van der Waals surface area contributed by atoms with Gasteiger partial charge in [-0.2, -0.15) is 0 Å². The van der Waals surface area contributed by atoms with Crippen molar-refractivity contribution in [1.29, 1.82) is 0 Å². The molecule has 0 saturated heterocycles. The standard InChI is InChI=1S/C26H33N2O3.ClH/c1-28(2,16-17-30-20-21-10-5-3-6-11-21)19-24-18-27-25(31-24)26(29,23-14-9-15-23)22-12-7-4-8-13-22;/h3-8,10-13,18,23,29H,9,14-17,19-20H2,1-2H3;1H/q+1;/p-1. The minimum absolute atomic E-state index is 0. The summed E-state index contributed by atoms with van der Waals surface area (Å²) in [4.78, 5) is 4.53. The largest absolute Gasteiger partial charge is 1.00 e. The molecule has 172 valence electrons. The third kappa shape index (κ3) is 5.59. The summed E-state index contributed by atoms with van der Waals surface area (Å²) in [6, 6.07) is 20.0. The van der Waals surface area contributed by atoms with Crippen LogP contribution in [0.15, 0.2) is 71.3 Å². The molecule has 4 rings (SSSR count). The van der Waals surface area contributed by atoms with Crippen molar-refractivity contribution in [3.05, 3.63) is 89.6 Å². The van der Waals surface area contributed by atoms with Crippen molar-refractivity contribution in [2.24, 2.45) is 5.92 Å². The maximum atomic E-state index is 11.7. The predicted octanol–water partition coefficient (Wildman–Crippen LogP) is 1.51. The fourth-order valence-electron chi connectivity index (χ4n) is 4.19. The summed E-state index contributed by atoms with van der Waals surface area (Å²) < 4.78 is 12.7. The molecule has 0 amide bonds. The van der Waals surface area contributed by atoms with Gasteiger partial charge in [-0.15, -0.1) is 0 Å². The maximum absolute atomic E-state index is 11.7. The average Bonchev–Trinajstić information content (AvgIpc) is 3.19. The average molecular weight is 457 g/mol. The molecular weight excluding hydrogens is 424 g/mol. The number of likely N-dealkylation sites (N-methyl/N-ethyl adjacent to an activating group) is 1. The van der Waals surface area contributed by atoms with Crippen molar-refractivity contribution < 1.29 is 31.2 Å². The van der Waals surface area contributed by atoms with Crippen LogP contribution in [0.2, 0.25) is 0 Å². The van der Waals surface area contributed by atoms with Gasteiger partial charge in [0.2, 0.25) is 5.89 Å². The van der Waals surface area contributed by atoms with Crippen LogP contribution in [0.3, 0.4) is 0 Å². The first-order valence-corrected chi connectivity index (χ1v) is 11.1. The molecule has 32 heavy (non-hydrogen) atoms. The second-order valence-electron chi connectivity index (χ2n) is 9.25. The molecule has 0 spiro atoms. The first kappa shape index (κ1) is 24.5. The van der Waals surface area contributed by atoms with E-state index in [9.17, 15) is 5.11 Å². The summed E-state index contributed by atoms with van der Waals surface area (Å²) in [5.74, 6) is 1.35. The van der Waals surface area contributed by atoms with Gasteiger partial charge in [-0.05, 0) is 24.0 Å². The van der Waals surface area contributed by atoms with E-state index in [4.69, 9.17) is 9.15 Å². The van der Waals surface area contributed by atoms with E-state index in [0.717, 1.165) is 41.6 Å². The molecule has 0 bridgehead atoms. The second-order valence-corrected chi connectivity index (χ2v) is 9.25. The van der Waals surface area contributed by atoms with Gasteiger partial charge >= 0.3 is 0 Å². The summed E-state index contributed by atoms with van der Waals surface area (Å²) in [5.41, 5.74) is 0.883. The van der Waals surface area contributed by atoms with Crippen molar-refractivity contribution in [2.45, 2.75) is 38.0 Å². The minimum Gasteiger partial charge on any atom is -1.00 e. The van der Waals surface area contributed by atoms with Crippen molar-refractivity contribution in [3.63, 3.8) is 0 Å². The summed E-state index contributed by atoms with van der Waals surface area (Å²) in [5, 5.41) is 11.7. The van der Waals surface area contributed by atoms with Gasteiger partial charge in [0.15, 0.2) is 11.4 Å². The number of benzene rings is 2. The number of rotatable bonds is 10. The Kier molecular flexibility index (Phi) is 8.12. The number of quaternary nitrogens is 1. The van der Waals surface area contributed by atoms with E-state index in [-0.39, 0.29) is 18.3 Å². The Balaban J connectivity index is 0.00000289. The lowest BCUT2D eigenvalue weighted by molar-refractivity contribution is -0.905. The highest BCUT2D eigenvalue weighted by molar-refractivity contribution is 5.30. The van der Waals surface area contributed by atoms with Gasteiger partial charge in [0.25, 0.3) is 0 Å². The Hall–Kier alpha value is -2.18. The molecule has 1 aliphatic carbocycles. The van der Waals surface area contributed by atoms with E-state index in [0.29, 0.717) is 25.6 Å². The van der Waals surface area contributed by atoms with E-state index in [1.165, 1.54) is 5.56 Å². The molecule has 1 saturated carbocycles. The van der Waals surface area contributed by atoms with E-state index in [2.05, 4.69) is 31.2 Å². The predicted molar refractivity (Wildman–Crippen MR) is 120 cm³/mol. The molecule has 1 N–H and O–H groups in total. The second kappa shape index (κ2) is 10.6. The van der Waals surface area contributed by atoms with Crippen LogP contribution in [-0.2, 0) is 23.5 Å². The Morgan fingerprint density at radius 1 is 1.06 bits per heavy atom. The lowest BCUT2D eigenvalue weighted by Crippen LogP contribution is -3.00. The Morgan fingerprint density at radius 2 is 1.72 bits per heavy atom. The molecule has 1 heterocycles. The van der Waals surface area contributed by atoms with Crippen molar-refractivity contribution in [1.82, 2.24) is 4.98 Å². The van der Waals surface area contributed by atoms with Crippen LogP contribution < -0.4 is 12.4 Å². The quantitative estimate of drug-likeness (QED) is 0.371. The highest BCUT2D eigenvalue weighted by Gasteiger charge is 2.47. The van der Waals surface area contributed by atoms with Crippen molar-refractivity contribution >= 4 is 0 Å². The van der Waals surface area contributed by atoms with E-state index in [1.54, 1.807) is 6.20 Å². The molecule has 6 heteroatoms. The third-order valence-electron chi connectivity index (χ3n) is 6.33. The monoisotopic (exact) mass is 456 g/mol. The Labute approximate surface area is 197 Å². The number of aliphatic hydroxyl groups is 1. The Morgan fingerprint density at radius 3 is 2.34 bits per heavy atom. The number of hydrogen-bond acceptors (Lipinski definition) is 4. The third-order valence-corrected chi connectivity index (χ3v) is 6.33. The fraction of sp³-hybridized carbons (Fsp3) is 0.423. The summed E-state index contributed by atoms with van der Waals surface area (Å²) in [6.45, 7) is 2.84. The summed E-state index contributed by atoms with van der Waals surface area (Å²) in [7, 11) is 4.31. The highest BCUT2D eigenvalue weighted by Crippen LogP contribution is 2.46. The van der Waals surface area contributed by atoms with Gasteiger partial charge in [-0.1, -0.05) is 67.1 Å². The lowest BCUT2D eigenvalue weighted by atomic mass is 9.69. The van der Waals surface area contributed by atoms with Gasteiger partial charge in [-0.25, -0.2) is 4.98 Å². The molecule has 0 aliphatic heterocycles. The van der Waals surface area contributed by atoms with Crippen LogP contribution in [0.4, 0.5) is 0 Å². The van der Waals surface area contributed by atoms with Crippen LogP contribution >= 0.6 is 0 Å². The fourth-order valence-corrected chi connectivity index (χ4v) is 4.19. The SMILES string of the molecule is C[N+](C)(CCOCc1ccccc1)Cc1cnc(C(O)(c2ccccc2)C2CCC2)o1.[Cl-]. The van der Waals surface area contributed by atoms with Crippen molar-refractivity contribution in [3.8, 4) is 0 Å². The maximum Gasteiger partial charge on any atom is 0.231 e. The van der Waals surface area contributed by atoms with E-state index in [1.807, 2.05) is 48.5 Å². The molecule has 1 atom stereocenters. The van der Waals surface area contributed by atoms with Crippen LogP contribution in [0, 0.1) is 5.92 Å². The van der Waals surface area contributed by atoms with Gasteiger partial charge in [0.1, 0.15) is 13.1 Å². The van der Waals surface area contributed by atoms with Crippen LogP contribution in [0.25, 0.3) is 0 Å². The van der Waals surface area contributed by atoms with Gasteiger partial charge in [0, 0.05) is 5.92 Å². The number of oxazole rings is 1. The molecule has 1 aromatic heterocycles. The van der Waals surface area contributed by atoms with Gasteiger partial charge in [0.05, 0.1) is 33.5 Å². The van der Waals surface area contributed by atoms with Crippen LogP contribution in [0.1, 0.15) is 42.0 Å². The van der Waals surface area contributed by atoms with Crippen LogP contribution in [0.5, 0.6) is 0 Å². The molecule has 1 fully saturated rings. The van der Waals surface area contributed by atoms with E-state index < -0.39 is 5.60 Å². The van der Waals surface area contributed by atoms with E-state index >= 15 is 0 Å². The first-order valence-electron chi connectivity index (χ1n) is 11.1.